The smallest absolute Gasteiger partial charge is 0.468 e. The number of furan rings is 1. The standard InChI is InChI=1S/C30H28F3N3O7S/c1-16(2)25(28(38)42-4)36-44(40,41)21-14-10-19(11-15-21)18-8-12-20(13-9-18)34-27(37)26-17(3)24-22(6-5-7-23(24)43-26)35-29(39)30(31,32)33/h5-16,25,36H,1-4H3,(H,34,37)(H,35,39)/t25-/m0/s1. The van der Waals surface area contributed by atoms with E-state index in [1.165, 1.54) is 44.4 Å². The van der Waals surface area contributed by atoms with Crippen LogP contribution in [0.5, 0.6) is 0 Å². The minimum atomic E-state index is -5.09. The van der Waals surface area contributed by atoms with Gasteiger partial charge in [-0.05, 0) is 60.4 Å². The first-order chi connectivity index (χ1) is 20.6. The molecule has 10 nitrogen and oxygen atoms in total. The molecule has 1 heterocycles. The number of fused-ring (bicyclic) bond motifs is 1. The predicted octanol–water partition coefficient (Wildman–Crippen LogP) is 5.64. The SMILES string of the molecule is COC(=O)[C@@H](NS(=O)(=O)c1ccc(-c2ccc(NC(=O)c3oc4cccc(NC(=O)C(F)(F)F)c4c3C)cc2)cc1)C(C)C. The van der Waals surface area contributed by atoms with E-state index in [1.54, 1.807) is 50.2 Å². The summed E-state index contributed by atoms with van der Waals surface area (Å²) in [6.07, 6.45) is -5.09. The summed E-state index contributed by atoms with van der Waals surface area (Å²) in [6.45, 7) is 4.87. The van der Waals surface area contributed by atoms with Crippen molar-refractivity contribution in [3.63, 3.8) is 0 Å². The quantitative estimate of drug-likeness (QED) is 0.203. The predicted molar refractivity (Wildman–Crippen MR) is 156 cm³/mol. The number of alkyl halides is 3. The molecular weight excluding hydrogens is 603 g/mol. The van der Waals surface area contributed by atoms with Gasteiger partial charge in [0.15, 0.2) is 5.76 Å². The van der Waals surface area contributed by atoms with Crippen LogP contribution in [0, 0.1) is 12.8 Å². The maximum Gasteiger partial charge on any atom is 0.471 e. The Kier molecular flexibility index (Phi) is 9.16. The van der Waals surface area contributed by atoms with Crippen LogP contribution in [-0.2, 0) is 24.3 Å². The largest absolute Gasteiger partial charge is 0.471 e. The monoisotopic (exact) mass is 631 g/mol. The topological polar surface area (TPSA) is 144 Å². The lowest BCUT2D eigenvalue weighted by molar-refractivity contribution is -0.167. The number of benzene rings is 3. The van der Waals surface area contributed by atoms with Crippen LogP contribution in [0.25, 0.3) is 22.1 Å². The minimum Gasteiger partial charge on any atom is -0.468 e. The maximum absolute atomic E-state index is 13.0. The van der Waals surface area contributed by atoms with Gasteiger partial charge in [-0.25, -0.2) is 8.42 Å². The van der Waals surface area contributed by atoms with Gasteiger partial charge >= 0.3 is 18.1 Å². The first kappa shape index (κ1) is 32.2. The Hall–Kier alpha value is -4.69. The fourth-order valence-electron chi connectivity index (χ4n) is 4.40. The second-order valence-corrected chi connectivity index (χ2v) is 11.8. The van der Waals surface area contributed by atoms with E-state index in [1.807, 2.05) is 5.32 Å². The molecule has 44 heavy (non-hydrogen) atoms. The summed E-state index contributed by atoms with van der Waals surface area (Å²) >= 11 is 0. The Bertz CT molecular complexity index is 1820. The van der Waals surface area contributed by atoms with Crippen LogP contribution in [0.4, 0.5) is 24.5 Å². The molecule has 4 rings (SSSR count). The number of rotatable bonds is 9. The van der Waals surface area contributed by atoms with E-state index in [-0.39, 0.29) is 38.8 Å². The van der Waals surface area contributed by atoms with Crippen LogP contribution in [0.15, 0.2) is 76.0 Å². The van der Waals surface area contributed by atoms with Gasteiger partial charge in [-0.2, -0.15) is 17.9 Å². The summed E-state index contributed by atoms with van der Waals surface area (Å²) < 4.78 is 76.7. The van der Waals surface area contributed by atoms with Crippen LogP contribution in [0.3, 0.4) is 0 Å². The van der Waals surface area contributed by atoms with Crippen molar-refractivity contribution in [2.75, 3.05) is 17.7 Å². The van der Waals surface area contributed by atoms with E-state index in [9.17, 15) is 36.0 Å². The zero-order valence-electron chi connectivity index (χ0n) is 23.9. The highest BCUT2D eigenvalue weighted by molar-refractivity contribution is 7.89. The molecule has 2 amide bonds. The molecule has 0 unspecified atom stereocenters. The molecule has 1 aromatic heterocycles. The van der Waals surface area contributed by atoms with Gasteiger partial charge in [0.2, 0.25) is 10.0 Å². The average molecular weight is 632 g/mol. The first-order valence-electron chi connectivity index (χ1n) is 13.1. The normalized spacial score (nSPS) is 12.6. The molecule has 0 aliphatic rings. The van der Waals surface area contributed by atoms with Crippen molar-refractivity contribution >= 4 is 50.2 Å². The van der Waals surface area contributed by atoms with E-state index in [2.05, 4.69) is 10.0 Å². The van der Waals surface area contributed by atoms with Gasteiger partial charge in [0.05, 0.1) is 17.7 Å². The van der Waals surface area contributed by atoms with Crippen molar-refractivity contribution < 1.29 is 45.1 Å². The minimum absolute atomic E-state index is 0.0398. The van der Waals surface area contributed by atoms with E-state index in [0.29, 0.717) is 16.8 Å². The molecule has 0 spiro atoms. The lowest BCUT2D eigenvalue weighted by Gasteiger charge is -2.19. The second-order valence-electron chi connectivity index (χ2n) is 10.1. The van der Waals surface area contributed by atoms with Gasteiger partial charge in [0.1, 0.15) is 11.6 Å². The third-order valence-electron chi connectivity index (χ3n) is 6.71. The summed E-state index contributed by atoms with van der Waals surface area (Å²) in [7, 11) is -2.83. The highest BCUT2D eigenvalue weighted by atomic mass is 32.2. The van der Waals surface area contributed by atoms with Crippen molar-refractivity contribution in [3.05, 3.63) is 78.1 Å². The number of nitrogens with one attached hydrogen (secondary N) is 3. The number of methoxy groups -OCH3 is 1. The van der Waals surface area contributed by atoms with Gasteiger partial charge < -0.3 is 19.8 Å². The fourth-order valence-corrected chi connectivity index (χ4v) is 5.73. The van der Waals surface area contributed by atoms with Gasteiger partial charge in [-0.3, -0.25) is 14.4 Å². The first-order valence-corrected chi connectivity index (χ1v) is 14.6. The van der Waals surface area contributed by atoms with Crippen molar-refractivity contribution in [2.45, 2.75) is 37.9 Å². The van der Waals surface area contributed by atoms with E-state index >= 15 is 0 Å². The number of aryl methyl sites for hydroxylation is 1. The summed E-state index contributed by atoms with van der Waals surface area (Å²) in [6, 6.07) is 15.7. The molecule has 4 aromatic rings. The summed E-state index contributed by atoms with van der Waals surface area (Å²) in [5.74, 6) is -3.98. The lowest BCUT2D eigenvalue weighted by atomic mass is 10.1. The maximum atomic E-state index is 13.0. The number of anilines is 2. The lowest BCUT2D eigenvalue weighted by Crippen LogP contribution is -2.44. The molecule has 14 heteroatoms. The molecule has 0 aliphatic carbocycles. The number of amides is 2. The van der Waals surface area contributed by atoms with Crippen LogP contribution >= 0.6 is 0 Å². The molecule has 3 aromatic carbocycles. The Morgan fingerprint density at radius 3 is 2.02 bits per heavy atom. The number of halogens is 3. The number of esters is 1. The molecule has 0 fully saturated rings. The van der Waals surface area contributed by atoms with E-state index in [0.717, 1.165) is 0 Å². The molecule has 0 saturated heterocycles. The Morgan fingerprint density at radius 1 is 0.886 bits per heavy atom. The third-order valence-corrected chi connectivity index (χ3v) is 8.17. The zero-order valence-corrected chi connectivity index (χ0v) is 24.7. The van der Waals surface area contributed by atoms with Crippen LogP contribution < -0.4 is 15.4 Å². The van der Waals surface area contributed by atoms with Gasteiger partial charge in [-0.15, -0.1) is 0 Å². The van der Waals surface area contributed by atoms with Crippen molar-refractivity contribution in [1.29, 1.82) is 0 Å². The van der Waals surface area contributed by atoms with Crippen molar-refractivity contribution in [2.24, 2.45) is 5.92 Å². The van der Waals surface area contributed by atoms with Gasteiger partial charge in [0, 0.05) is 16.6 Å². The number of carbonyl (C=O) groups is 3. The molecule has 3 N–H and O–H groups in total. The van der Waals surface area contributed by atoms with Gasteiger partial charge in [0.25, 0.3) is 5.91 Å². The number of hydrogen-bond donors (Lipinski definition) is 3. The fraction of sp³-hybridized carbons (Fsp3) is 0.233. The number of sulfonamides is 1. The second kappa shape index (κ2) is 12.5. The van der Waals surface area contributed by atoms with Gasteiger partial charge in [-0.1, -0.05) is 44.2 Å². The van der Waals surface area contributed by atoms with Crippen molar-refractivity contribution in [3.8, 4) is 11.1 Å². The molecule has 0 bridgehead atoms. The van der Waals surface area contributed by atoms with Crippen LogP contribution in [-0.4, -0.2) is 45.5 Å². The highest BCUT2D eigenvalue weighted by Crippen LogP contribution is 2.33. The highest BCUT2D eigenvalue weighted by Gasteiger charge is 2.39. The number of carbonyl (C=O) groups excluding carboxylic acids is 3. The Balaban J connectivity index is 1.48. The summed E-state index contributed by atoms with van der Waals surface area (Å²) in [4.78, 5) is 36.4. The number of ether oxygens (including phenoxy) is 1. The molecule has 232 valence electrons. The number of hydrogen-bond acceptors (Lipinski definition) is 7. The van der Waals surface area contributed by atoms with Crippen molar-refractivity contribution in [1.82, 2.24) is 4.72 Å². The van der Waals surface area contributed by atoms with Crippen LogP contribution in [0.2, 0.25) is 0 Å². The zero-order chi connectivity index (χ0) is 32.4. The summed E-state index contributed by atoms with van der Waals surface area (Å²) in [5, 5.41) is 4.64. The molecule has 1 atom stereocenters. The average Bonchev–Trinajstić information content (AvgIpc) is 3.32. The van der Waals surface area contributed by atoms with E-state index in [4.69, 9.17) is 9.15 Å². The third kappa shape index (κ3) is 6.92. The molecule has 0 aliphatic heterocycles. The molecule has 0 radical (unpaired) electrons. The Labute approximate surface area is 250 Å². The van der Waals surface area contributed by atoms with E-state index < -0.39 is 40.0 Å². The Morgan fingerprint density at radius 2 is 1.48 bits per heavy atom. The molecular formula is C30H28F3N3O7S. The summed E-state index contributed by atoms with van der Waals surface area (Å²) in [5.41, 5.74) is 1.98. The van der Waals surface area contributed by atoms with Crippen LogP contribution in [0.1, 0.15) is 30.0 Å². The molecule has 0 saturated carbocycles.